The summed E-state index contributed by atoms with van der Waals surface area (Å²) in [6.45, 7) is 0. The van der Waals surface area contributed by atoms with Crippen molar-refractivity contribution in [3.8, 4) is 28.1 Å². The topological polar surface area (TPSA) is 61.8 Å². The molecule has 0 bridgehead atoms. The van der Waals surface area contributed by atoms with Crippen molar-refractivity contribution in [2.45, 2.75) is 18.9 Å². The van der Waals surface area contributed by atoms with E-state index in [-0.39, 0.29) is 23.0 Å². The lowest BCUT2D eigenvalue weighted by atomic mass is 10.00. The molecule has 30 heavy (non-hydrogen) atoms. The predicted octanol–water partition coefficient (Wildman–Crippen LogP) is 3.73. The fourth-order valence-corrected chi connectivity index (χ4v) is 5.28. The third kappa shape index (κ3) is 3.04. The number of rotatable bonds is 3. The normalized spacial score (nSPS) is 15.3. The predicted molar refractivity (Wildman–Crippen MR) is 116 cm³/mol. The van der Waals surface area contributed by atoms with Crippen molar-refractivity contribution in [3.05, 3.63) is 86.3 Å². The van der Waals surface area contributed by atoms with E-state index in [1.807, 2.05) is 54.6 Å². The Morgan fingerprint density at radius 1 is 1.13 bits per heavy atom. The van der Waals surface area contributed by atoms with Crippen LogP contribution in [0.3, 0.4) is 0 Å². The summed E-state index contributed by atoms with van der Waals surface area (Å²) in [4.78, 5) is 18.2. The summed E-state index contributed by atoms with van der Waals surface area (Å²) in [5.74, 6) is 0.479. The molecular formula is C23H18ClN3O2S. The van der Waals surface area contributed by atoms with E-state index in [4.69, 9.17) is 11.6 Å². The molecule has 4 aromatic rings. The van der Waals surface area contributed by atoms with Gasteiger partial charge in [-0.1, -0.05) is 60.1 Å². The molecule has 2 aromatic heterocycles. The molecule has 5 nitrogen and oxygen atoms in total. The molecule has 1 aliphatic rings. The molecule has 7 heteroatoms. The van der Waals surface area contributed by atoms with Crippen molar-refractivity contribution < 1.29 is 9.67 Å². The van der Waals surface area contributed by atoms with Crippen molar-refractivity contribution in [2.75, 3.05) is 0 Å². The van der Waals surface area contributed by atoms with Gasteiger partial charge in [0.25, 0.3) is 5.82 Å². The maximum absolute atomic E-state index is 13.6. The van der Waals surface area contributed by atoms with Gasteiger partial charge in [0.1, 0.15) is 11.6 Å². The van der Waals surface area contributed by atoms with E-state index in [1.165, 1.54) is 11.3 Å². The Bertz CT molecular complexity index is 1310. The molecule has 0 fully saturated rings. The minimum atomic E-state index is -0.264. The van der Waals surface area contributed by atoms with Crippen molar-refractivity contribution in [3.63, 3.8) is 0 Å². The molecule has 2 aromatic carbocycles. The van der Waals surface area contributed by atoms with Gasteiger partial charge in [-0.2, -0.15) is 4.57 Å². The van der Waals surface area contributed by atoms with E-state index in [0.717, 1.165) is 28.2 Å². The maximum atomic E-state index is 13.6. The van der Waals surface area contributed by atoms with Crippen LogP contribution in [0.5, 0.6) is 5.88 Å². The second-order valence-electron chi connectivity index (χ2n) is 7.35. The summed E-state index contributed by atoms with van der Waals surface area (Å²) in [5, 5.41) is 13.6. The fraction of sp³-hybridized carbons (Fsp3) is 0.174. The van der Waals surface area contributed by atoms with E-state index in [1.54, 1.807) is 22.4 Å². The van der Waals surface area contributed by atoms with E-state index >= 15 is 0 Å². The smallest absolute Gasteiger partial charge is 0.344 e. The maximum Gasteiger partial charge on any atom is 0.344 e. The second-order valence-corrected chi connectivity index (χ2v) is 8.99. The van der Waals surface area contributed by atoms with Crippen LogP contribution in [-0.4, -0.2) is 9.55 Å². The highest BCUT2D eigenvalue weighted by molar-refractivity contribution is 7.15. The monoisotopic (exact) mass is 435 g/mol. The fourth-order valence-electron chi connectivity index (χ4n) is 4.20. The Morgan fingerprint density at radius 2 is 1.87 bits per heavy atom. The zero-order chi connectivity index (χ0) is 20.8. The van der Waals surface area contributed by atoms with E-state index < -0.39 is 0 Å². The summed E-state index contributed by atoms with van der Waals surface area (Å²) in [7, 11) is 1.74. The average Bonchev–Trinajstić information content (AvgIpc) is 3.40. The highest BCUT2D eigenvalue weighted by Crippen LogP contribution is 2.34. The molecule has 0 spiro atoms. The molecule has 1 aliphatic heterocycles. The quantitative estimate of drug-likeness (QED) is 0.461. The van der Waals surface area contributed by atoms with Gasteiger partial charge >= 0.3 is 5.56 Å². The minimum absolute atomic E-state index is 0.152. The SMILES string of the molecule is Cn1c2[n+](c([O-])c(-c3cccc(-c4ccccc4)c3)c1=O)C(c1cnc(Cl)s1)CC2. The molecule has 0 saturated heterocycles. The molecule has 0 N–H and O–H groups in total. The van der Waals surface area contributed by atoms with Gasteiger partial charge in [-0.05, 0) is 22.8 Å². The van der Waals surface area contributed by atoms with Gasteiger partial charge in [-0.15, -0.1) is 11.3 Å². The number of hydrogen-bond acceptors (Lipinski definition) is 4. The Morgan fingerprint density at radius 3 is 2.60 bits per heavy atom. The van der Waals surface area contributed by atoms with Gasteiger partial charge in [0.2, 0.25) is 0 Å². The first-order chi connectivity index (χ1) is 14.5. The molecule has 150 valence electrons. The van der Waals surface area contributed by atoms with Crippen LogP contribution >= 0.6 is 22.9 Å². The van der Waals surface area contributed by atoms with Crippen LogP contribution < -0.4 is 15.2 Å². The van der Waals surface area contributed by atoms with Crippen LogP contribution in [-0.2, 0) is 13.5 Å². The Hall–Kier alpha value is -2.96. The van der Waals surface area contributed by atoms with Crippen LogP contribution in [0.25, 0.3) is 22.3 Å². The lowest BCUT2D eigenvalue weighted by Crippen LogP contribution is -2.47. The number of halogens is 1. The number of hydrogen-bond donors (Lipinski definition) is 0. The van der Waals surface area contributed by atoms with Crippen LogP contribution in [0.2, 0.25) is 4.47 Å². The highest BCUT2D eigenvalue weighted by atomic mass is 35.5. The molecular weight excluding hydrogens is 418 g/mol. The number of fused-ring (bicyclic) bond motifs is 1. The zero-order valence-corrected chi connectivity index (χ0v) is 17.8. The molecule has 0 amide bonds. The standard InChI is InChI=1S/C23H18ClN3O2S/c1-26-19-11-10-17(18-13-25-23(24)30-18)27(19)22(29)20(21(26)28)16-9-5-8-15(12-16)14-6-3-2-4-7-14/h2-9,12-13,17H,10-11H2,1H3. The Kier molecular flexibility index (Phi) is 4.68. The first kappa shape index (κ1) is 19.0. The van der Waals surface area contributed by atoms with Crippen LogP contribution in [0.1, 0.15) is 23.2 Å². The van der Waals surface area contributed by atoms with E-state index in [0.29, 0.717) is 16.5 Å². The lowest BCUT2D eigenvalue weighted by molar-refractivity contribution is -0.747. The van der Waals surface area contributed by atoms with Gasteiger partial charge in [0, 0.05) is 12.6 Å². The average molecular weight is 436 g/mol. The first-order valence-corrected chi connectivity index (χ1v) is 10.9. The summed E-state index contributed by atoms with van der Waals surface area (Å²) < 4.78 is 3.80. The van der Waals surface area contributed by atoms with Crippen molar-refractivity contribution in [1.82, 2.24) is 9.55 Å². The van der Waals surface area contributed by atoms with Crippen molar-refractivity contribution in [2.24, 2.45) is 7.05 Å². The molecule has 0 radical (unpaired) electrons. The van der Waals surface area contributed by atoms with Crippen LogP contribution in [0.4, 0.5) is 0 Å². The van der Waals surface area contributed by atoms with Crippen LogP contribution in [0, 0.1) is 0 Å². The summed E-state index contributed by atoms with van der Waals surface area (Å²) in [6, 6.07) is 17.4. The molecule has 3 heterocycles. The zero-order valence-electron chi connectivity index (χ0n) is 16.2. The van der Waals surface area contributed by atoms with Gasteiger partial charge in [-0.25, -0.2) is 14.3 Å². The van der Waals surface area contributed by atoms with E-state index in [9.17, 15) is 9.90 Å². The van der Waals surface area contributed by atoms with Crippen molar-refractivity contribution in [1.29, 1.82) is 0 Å². The Labute approximate surface area is 182 Å². The largest absolute Gasteiger partial charge is 0.842 e. The molecule has 1 unspecified atom stereocenters. The van der Waals surface area contributed by atoms with Gasteiger partial charge < -0.3 is 5.11 Å². The molecule has 1 atom stereocenters. The number of nitrogens with zero attached hydrogens (tertiary/aromatic N) is 3. The lowest BCUT2D eigenvalue weighted by Gasteiger charge is -2.19. The number of benzene rings is 2. The number of thiazole rings is 1. The summed E-state index contributed by atoms with van der Waals surface area (Å²) >= 11 is 7.41. The van der Waals surface area contributed by atoms with Gasteiger partial charge in [-0.3, -0.25) is 0 Å². The first-order valence-electron chi connectivity index (χ1n) is 9.66. The summed E-state index contributed by atoms with van der Waals surface area (Å²) in [6.07, 6.45) is 3.13. The molecule has 5 rings (SSSR count). The van der Waals surface area contributed by atoms with E-state index in [2.05, 4.69) is 4.98 Å². The third-order valence-corrected chi connectivity index (χ3v) is 6.87. The van der Waals surface area contributed by atoms with Gasteiger partial charge in [0.15, 0.2) is 4.47 Å². The second kappa shape index (κ2) is 7.38. The van der Waals surface area contributed by atoms with Gasteiger partial charge in [0.05, 0.1) is 24.2 Å². The van der Waals surface area contributed by atoms with Crippen molar-refractivity contribution >= 4 is 22.9 Å². The minimum Gasteiger partial charge on any atom is -0.842 e. The molecule has 0 saturated carbocycles. The highest BCUT2D eigenvalue weighted by Gasteiger charge is 2.36. The van der Waals surface area contributed by atoms with Crippen LogP contribution in [0.15, 0.2) is 65.6 Å². The molecule has 0 aliphatic carbocycles. The summed E-state index contributed by atoms with van der Waals surface area (Å²) in [5.41, 5.74) is 2.56. The third-order valence-electron chi connectivity index (χ3n) is 5.65. The Balaban J connectivity index is 1.70. The number of aromatic nitrogens is 3.